The molecule has 4 rings (SSSR count). The fraction of sp³-hybridized carbons (Fsp3) is 0.130. The Morgan fingerprint density at radius 1 is 0.914 bits per heavy atom. The molecule has 12 heteroatoms. The minimum absolute atomic E-state index is 0.0518. The average molecular weight is 526 g/mol. The maximum absolute atomic E-state index is 12.5. The lowest BCUT2D eigenvalue weighted by Gasteiger charge is -2.01. The Hall–Kier alpha value is -3.61. The highest BCUT2D eigenvalue weighted by atomic mass is 32.2. The molecule has 35 heavy (non-hydrogen) atoms. The minimum Gasteiger partial charge on any atom is -0.462 e. The molecule has 0 bridgehead atoms. The molecule has 2 N–H and O–H groups in total. The van der Waals surface area contributed by atoms with E-state index in [0.29, 0.717) is 30.7 Å². The molecule has 2 heterocycles. The van der Waals surface area contributed by atoms with Crippen LogP contribution in [0.1, 0.15) is 27.0 Å². The number of ether oxygens (including phenoxy) is 1. The summed E-state index contributed by atoms with van der Waals surface area (Å²) in [7, 11) is 0. The molecule has 0 aliphatic rings. The summed E-state index contributed by atoms with van der Waals surface area (Å²) in [6, 6.07) is 18.0. The number of aromatic nitrogens is 3. The molecule has 0 fully saturated rings. The fourth-order valence-corrected chi connectivity index (χ4v) is 5.30. The Balaban J connectivity index is 1.37. The van der Waals surface area contributed by atoms with Crippen molar-refractivity contribution < 1.29 is 19.1 Å². The fourth-order valence-electron chi connectivity index (χ4n) is 2.86. The zero-order valence-corrected chi connectivity index (χ0v) is 20.8. The number of rotatable bonds is 9. The van der Waals surface area contributed by atoms with Gasteiger partial charge in [0.15, 0.2) is 9.47 Å². The van der Waals surface area contributed by atoms with Crippen LogP contribution in [0.4, 0.5) is 10.3 Å². The van der Waals surface area contributed by atoms with Crippen LogP contribution in [-0.4, -0.2) is 45.3 Å². The topological polar surface area (TPSA) is 123 Å². The van der Waals surface area contributed by atoms with Gasteiger partial charge in [-0.25, -0.2) is 9.78 Å². The van der Waals surface area contributed by atoms with Crippen molar-refractivity contribution in [1.82, 2.24) is 15.2 Å². The second-order valence-corrected chi connectivity index (χ2v) is 10.0. The zero-order valence-electron chi connectivity index (χ0n) is 18.4. The van der Waals surface area contributed by atoms with E-state index in [-0.39, 0.29) is 24.2 Å². The van der Waals surface area contributed by atoms with Crippen LogP contribution in [0.15, 0.2) is 65.0 Å². The summed E-state index contributed by atoms with van der Waals surface area (Å²) >= 11 is 3.41. The third-order valence-corrected chi connectivity index (χ3v) is 7.29. The normalized spacial score (nSPS) is 10.5. The molecule has 0 spiro atoms. The van der Waals surface area contributed by atoms with Crippen LogP contribution in [0.5, 0.6) is 0 Å². The number of amides is 2. The van der Waals surface area contributed by atoms with Crippen molar-refractivity contribution in [2.75, 3.05) is 23.0 Å². The van der Waals surface area contributed by atoms with Gasteiger partial charge in [-0.1, -0.05) is 83.0 Å². The van der Waals surface area contributed by atoms with Gasteiger partial charge in [0.05, 0.1) is 18.1 Å². The number of nitrogens with one attached hydrogen (secondary N) is 2. The van der Waals surface area contributed by atoms with Crippen LogP contribution in [0.25, 0.3) is 11.3 Å². The van der Waals surface area contributed by atoms with Gasteiger partial charge in [0, 0.05) is 11.1 Å². The zero-order chi connectivity index (χ0) is 24.6. The van der Waals surface area contributed by atoms with Gasteiger partial charge in [0.2, 0.25) is 11.0 Å². The third kappa shape index (κ3) is 6.50. The first kappa shape index (κ1) is 24.5. The summed E-state index contributed by atoms with van der Waals surface area (Å²) < 4.78 is 5.67. The number of hydrogen-bond donors (Lipinski definition) is 2. The van der Waals surface area contributed by atoms with Gasteiger partial charge in [-0.2, -0.15) is 0 Å². The summed E-state index contributed by atoms with van der Waals surface area (Å²) in [5.74, 6) is -1.04. The molecule has 4 aromatic rings. The van der Waals surface area contributed by atoms with Gasteiger partial charge in [-0.3, -0.25) is 14.9 Å². The molecule has 2 aromatic heterocycles. The molecule has 178 valence electrons. The molecule has 2 amide bonds. The van der Waals surface area contributed by atoms with Crippen molar-refractivity contribution in [1.29, 1.82) is 0 Å². The molecule has 0 radical (unpaired) electrons. The second-order valence-electron chi connectivity index (χ2n) is 6.81. The maximum Gasteiger partial charge on any atom is 0.350 e. The highest BCUT2D eigenvalue weighted by Crippen LogP contribution is 2.32. The Morgan fingerprint density at radius 3 is 2.34 bits per heavy atom. The van der Waals surface area contributed by atoms with Crippen molar-refractivity contribution in [3.63, 3.8) is 0 Å². The van der Waals surface area contributed by atoms with Crippen LogP contribution >= 0.6 is 34.4 Å². The predicted octanol–water partition coefficient (Wildman–Crippen LogP) is 4.82. The molecule has 0 atom stereocenters. The van der Waals surface area contributed by atoms with E-state index in [1.807, 2.05) is 36.4 Å². The summed E-state index contributed by atoms with van der Waals surface area (Å²) in [6.07, 6.45) is 0. The van der Waals surface area contributed by atoms with E-state index in [9.17, 15) is 14.4 Å². The molecule has 0 aliphatic heterocycles. The lowest BCUT2D eigenvalue weighted by atomic mass is 10.1. The van der Waals surface area contributed by atoms with E-state index in [1.54, 1.807) is 31.2 Å². The SMILES string of the molecule is CCOC(=O)c1sc(NC(=O)CSc2nnc(NC(=O)c3ccccc3)s2)nc1-c1ccccc1. The number of thiazole rings is 1. The monoisotopic (exact) mass is 525 g/mol. The number of carbonyl (C=O) groups excluding carboxylic acids is 3. The molecule has 2 aromatic carbocycles. The molecule has 0 saturated heterocycles. The van der Waals surface area contributed by atoms with Gasteiger partial charge < -0.3 is 10.1 Å². The lowest BCUT2D eigenvalue weighted by molar-refractivity contribution is -0.113. The van der Waals surface area contributed by atoms with E-state index in [0.717, 1.165) is 16.9 Å². The van der Waals surface area contributed by atoms with Gasteiger partial charge in [0.25, 0.3) is 5.91 Å². The van der Waals surface area contributed by atoms with Crippen molar-refractivity contribution in [2.45, 2.75) is 11.3 Å². The Labute approximate surface area is 213 Å². The molecule has 0 unspecified atom stereocenters. The summed E-state index contributed by atoms with van der Waals surface area (Å²) in [5.41, 5.74) is 1.72. The first-order valence-corrected chi connectivity index (χ1v) is 13.0. The number of thioether (sulfide) groups is 1. The van der Waals surface area contributed by atoms with Gasteiger partial charge in [-0.05, 0) is 19.1 Å². The van der Waals surface area contributed by atoms with Crippen LogP contribution < -0.4 is 10.6 Å². The Bertz CT molecular complexity index is 1330. The number of nitrogens with zero attached hydrogens (tertiary/aromatic N) is 3. The van der Waals surface area contributed by atoms with Crippen LogP contribution in [0.2, 0.25) is 0 Å². The molecule has 0 saturated carbocycles. The van der Waals surface area contributed by atoms with E-state index in [4.69, 9.17) is 4.74 Å². The smallest absolute Gasteiger partial charge is 0.350 e. The van der Waals surface area contributed by atoms with Crippen LogP contribution in [0.3, 0.4) is 0 Å². The molecular formula is C23H19N5O4S3. The van der Waals surface area contributed by atoms with E-state index >= 15 is 0 Å². The highest BCUT2D eigenvalue weighted by Gasteiger charge is 2.21. The number of hydrogen-bond acceptors (Lipinski definition) is 10. The summed E-state index contributed by atoms with van der Waals surface area (Å²) in [6.45, 7) is 1.96. The van der Waals surface area contributed by atoms with Gasteiger partial charge in [0.1, 0.15) is 4.88 Å². The largest absolute Gasteiger partial charge is 0.462 e. The van der Waals surface area contributed by atoms with Crippen molar-refractivity contribution in [2.24, 2.45) is 0 Å². The minimum atomic E-state index is -0.488. The van der Waals surface area contributed by atoms with Crippen molar-refractivity contribution >= 4 is 62.5 Å². The average Bonchev–Trinajstić information content (AvgIpc) is 3.51. The summed E-state index contributed by atoms with van der Waals surface area (Å²) in [5, 5.41) is 14.0. The van der Waals surface area contributed by atoms with E-state index < -0.39 is 5.97 Å². The third-order valence-electron chi connectivity index (χ3n) is 4.37. The van der Waals surface area contributed by atoms with Crippen LogP contribution in [-0.2, 0) is 9.53 Å². The Morgan fingerprint density at radius 2 is 1.63 bits per heavy atom. The first-order chi connectivity index (χ1) is 17.0. The second kappa shape index (κ2) is 11.7. The lowest BCUT2D eigenvalue weighted by Crippen LogP contribution is -2.13. The van der Waals surface area contributed by atoms with Gasteiger partial charge >= 0.3 is 5.97 Å². The molecule has 9 nitrogen and oxygen atoms in total. The van der Waals surface area contributed by atoms with Gasteiger partial charge in [-0.15, -0.1) is 10.2 Å². The quantitative estimate of drug-likeness (QED) is 0.181. The number of benzene rings is 2. The van der Waals surface area contributed by atoms with Crippen LogP contribution in [0, 0.1) is 0 Å². The van der Waals surface area contributed by atoms with Crippen molar-refractivity contribution in [3.05, 3.63) is 71.1 Å². The highest BCUT2D eigenvalue weighted by molar-refractivity contribution is 8.01. The maximum atomic E-state index is 12.5. The predicted molar refractivity (Wildman–Crippen MR) is 137 cm³/mol. The Kier molecular flexibility index (Phi) is 8.19. The summed E-state index contributed by atoms with van der Waals surface area (Å²) in [4.78, 5) is 41.9. The number of esters is 1. The van der Waals surface area contributed by atoms with Crippen molar-refractivity contribution in [3.8, 4) is 11.3 Å². The number of carbonyl (C=O) groups is 3. The molecule has 0 aliphatic carbocycles. The van der Waals surface area contributed by atoms with E-state index in [2.05, 4.69) is 25.8 Å². The standard InChI is InChI=1S/C23H19N5O4S3/c1-2-32-20(31)18-17(14-9-5-3-6-10-14)25-21(34-18)24-16(29)13-33-23-28-27-22(35-23)26-19(30)15-11-7-4-8-12-15/h3-12H,2,13H2,1H3,(H,24,25,29)(H,26,27,30). The first-order valence-electron chi connectivity index (χ1n) is 10.4. The van der Waals surface area contributed by atoms with E-state index in [1.165, 1.54) is 23.1 Å². The number of anilines is 2. The molecular weight excluding hydrogens is 506 g/mol.